The number of nitrogens with zero attached hydrogens (tertiary/aromatic N) is 5. The Hall–Kier alpha value is -4.32. The minimum atomic E-state index is -4.64. The maximum absolute atomic E-state index is 13.4. The monoisotopic (exact) mass is 488 g/mol. The third-order valence-electron chi connectivity index (χ3n) is 6.40. The molecule has 5 rings (SSSR count). The topological polar surface area (TPSA) is 69.2 Å². The fraction of sp³-hybridized carbons (Fsp3) is 0.222. The Bertz CT molecular complexity index is 1510. The van der Waals surface area contributed by atoms with Crippen molar-refractivity contribution >= 4 is 22.7 Å². The number of anilines is 2. The first kappa shape index (κ1) is 23.4. The van der Waals surface area contributed by atoms with Gasteiger partial charge in [-0.25, -0.2) is 4.98 Å². The van der Waals surface area contributed by atoms with Crippen molar-refractivity contribution in [3.05, 3.63) is 84.1 Å². The van der Waals surface area contributed by atoms with Crippen LogP contribution in [0.3, 0.4) is 0 Å². The molecule has 0 radical (unpaired) electrons. The third kappa shape index (κ3) is 4.38. The molecule has 0 bridgehead atoms. The minimum Gasteiger partial charge on any atom is -0.369 e. The van der Waals surface area contributed by atoms with Gasteiger partial charge < -0.3 is 14.6 Å². The number of benzene rings is 1. The molecule has 0 atom stereocenters. The number of alkyl halides is 3. The second-order valence-corrected chi connectivity index (χ2v) is 8.80. The Balaban J connectivity index is 1.49. The second kappa shape index (κ2) is 9.04. The Labute approximate surface area is 206 Å². The molecule has 1 fully saturated rings. The van der Waals surface area contributed by atoms with E-state index in [1.165, 1.54) is 6.07 Å². The van der Waals surface area contributed by atoms with Crippen molar-refractivity contribution in [1.82, 2.24) is 14.4 Å². The Morgan fingerprint density at radius 1 is 1.14 bits per heavy atom. The van der Waals surface area contributed by atoms with Crippen molar-refractivity contribution in [1.29, 1.82) is 5.26 Å². The number of rotatable bonds is 5. The number of hydrogen-bond acceptors (Lipinski definition) is 5. The summed E-state index contributed by atoms with van der Waals surface area (Å²) < 4.78 is 42.2. The highest BCUT2D eigenvalue weighted by Crippen LogP contribution is 2.35. The van der Waals surface area contributed by atoms with Gasteiger partial charge >= 0.3 is 6.18 Å². The van der Waals surface area contributed by atoms with Gasteiger partial charge in [0.25, 0.3) is 0 Å². The highest BCUT2D eigenvalue weighted by molar-refractivity contribution is 5.82. The van der Waals surface area contributed by atoms with Crippen molar-refractivity contribution in [3.63, 3.8) is 0 Å². The van der Waals surface area contributed by atoms with Gasteiger partial charge in [-0.1, -0.05) is 12.6 Å². The summed E-state index contributed by atoms with van der Waals surface area (Å²) in [6.07, 6.45) is 4.96. The Morgan fingerprint density at radius 2 is 1.92 bits per heavy atom. The molecular formula is C27H23F3N6. The molecule has 0 aliphatic carbocycles. The van der Waals surface area contributed by atoms with Gasteiger partial charge in [-0.05, 0) is 49.6 Å². The zero-order valence-corrected chi connectivity index (χ0v) is 19.6. The summed E-state index contributed by atoms with van der Waals surface area (Å²) in [5.41, 5.74) is 4.30. The number of fused-ring (bicyclic) bond motifs is 1. The van der Waals surface area contributed by atoms with Gasteiger partial charge in [0.05, 0.1) is 34.8 Å². The third-order valence-corrected chi connectivity index (χ3v) is 6.40. The van der Waals surface area contributed by atoms with Crippen LogP contribution >= 0.6 is 0 Å². The quantitative estimate of drug-likeness (QED) is 0.358. The van der Waals surface area contributed by atoms with Crippen LogP contribution in [0.4, 0.5) is 24.5 Å². The zero-order valence-electron chi connectivity index (χ0n) is 19.6. The fourth-order valence-electron chi connectivity index (χ4n) is 4.56. The largest absolute Gasteiger partial charge is 0.417 e. The first-order chi connectivity index (χ1) is 17.2. The van der Waals surface area contributed by atoms with E-state index in [-0.39, 0.29) is 11.3 Å². The van der Waals surface area contributed by atoms with Crippen LogP contribution in [0.5, 0.6) is 0 Å². The molecule has 0 spiro atoms. The van der Waals surface area contributed by atoms with Crippen LogP contribution in [0.15, 0.2) is 61.7 Å². The van der Waals surface area contributed by atoms with E-state index in [1.807, 2.05) is 29.8 Å². The summed E-state index contributed by atoms with van der Waals surface area (Å²) >= 11 is 0. The van der Waals surface area contributed by atoms with Crippen LogP contribution in [-0.4, -0.2) is 27.5 Å². The number of nitriles is 1. The summed E-state index contributed by atoms with van der Waals surface area (Å²) in [6.45, 7) is 7.79. The van der Waals surface area contributed by atoms with E-state index in [0.29, 0.717) is 5.69 Å². The summed E-state index contributed by atoms with van der Waals surface area (Å²) in [5, 5.41) is 12.1. The molecular weight excluding hydrogens is 465 g/mol. The Morgan fingerprint density at radius 3 is 2.64 bits per heavy atom. The van der Waals surface area contributed by atoms with Gasteiger partial charge in [-0.15, -0.1) is 0 Å². The van der Waals surface area contributed by atoms with Gasteiger partial charge in [0.1, 0.15) is 0 Å². The molecule has 9 heteroatoms. The van der Waals surface area contributed by atoms with Crippen LogP contribution in [0.25, 0.3) is 22.5 Å². The van der Waals surface area contributed by atoms with Gasteiger partial charge in [0, 0.05) is 54.2 Å². The fourth-order valence-corrected chi connectivity index (χ4v) is 4.56. The van der Waals surface area contributed by atoms with Crippen molar-refractivity contribution in [3.8, 4) is 17.2 Å². The number of imidazole rings is 1. The van der Waals surface area contributed by atoms with Crippen LogP contribution in [0.2, 0.25) is 0 Å². The first-order valence-electron chi connectivity index (χ1n) is 11.5. The summed E-state index contributed by atoms with van der Waals surface area (Å²) in [6, 6.07) is 9.16. The molecule has 0 unspecified atom stereocenters. The predicted octanol–water partition coefficient (Wildman–Crippen LogP) is 6.28. The average Bonchev–Trinajstić information content (AvgIpc) is 3.56. The van der Waals surface area contributed by atoms with Crippen molar-refractivity contribution in [2.24, 2.45) is 0 Å². The number of hydrogen-bond donors (Lipinski definition) is 1. The second-order valence-electron chi connectivity index (χ2n) is 8.80. The predicted molar refractivity (Wildman–Crippen MR) is 133 cm³/mol. The van der Waals surface area contributed by atoms with Crippen molar-refractivity contribution in [2.75, 3.05) is 23.3 Å². The molecule has 4 heterocycles. The van der Waals surface area contributed by atoms with E-state index in [1.54, 1.807) is 18.5 Å². The van der Waals surface area contributed by atoms with E-state index in [0.717, 1.165) is 66.2 Å². The van der Waals surface area contributed by atoms with Gasteiger partial charge in [-0.3, -0.25) is 4.98 Å². The molecule has 3 aromatic heterocycles. The lowest BCUT2D eigenvalue weighted by molar-refractivity contribution is -0.137. The van der Waals surface area contributed by atoms with E-state index in [4.69, 9.17) is 5.26 Å². The highest BCUT2D eigenvalue weighted by Gasteiger charge is 2.34. The summed E-state index contributed by atoms with van der Waals surface area (Å²) in [4.78, 5) is 11.4. The van der Waals surface area contributed by atoms with Gasteiger partial charge in [-0.2, -0.15) is 18.4 Å². The minimum absolute atomic E-state index is 0.236. The lowest BCUT2D eigenvalue weighted by Crippen LogP contribution is -2.18. The molecule has 6 nitrogen and oxygen atoms in total. The summed E-state index contributed by atoms with van der Waals surface area (Å²) in [5.74, 6) is 0. The molecule has 36 heavy (non-hydrogen) atoms. The summed E-state index contributed by atoms with van der Waals surface area (Å²) in [7, 11) is 0. The molecule has 1 N–H and O–H groups in total. The van der Waals surface area contributed by atoms with Crippen molar-refractivity contribution in [2.45, 2.75) is 25.9 Å². The zero-order chi connectivity index (χ0) is 25.4. The van der Waals surface area contributed by atoms with E-state index in [2.05, 4.69) is 32.8 Å². The molecule has 1 aliphatic heterocycles. The molecule has 1 aliphatic rings. The number of aryl methyl sites for hydroxylation is 1. The van der Waals surface area contributed by atoms with E-state index < -0.39 is 17.3 Å². The van der Waals surface area contributed by atoms with Crippen molar-refractivity contribution < 1.29 is 13.2 Å². The van der Waals surface area contributed by atoms with Crippen LogP contribution in [0, 0.1) is 18.3 Å². The lowest BCUT2D eigenvalue weighted by Gasteiger charge is -2.20. The van der Waals surface area contributed by atoms with Gasteiger partial charge in [0.15, 0.2) is 5.65 Å². The van der Waals surface area contributed by atoms with Crippen LogP contribution < -0.4 is 10.2 Å². The molecule has 0 saturated carbocycles. The van der Waals surface area contributed by atoms with Crippen LogP contribution in [-0.2, 0) is 6.18 Å². The van der Waals surface area contributed by atoms with Gasteiger partial charge in [0.2, 0.25) is 0 Å². The lowest BCUT2D eigenvalue weighted by atomic mass is 10.0. The number of aromatic nitrogens is 3. The number of halogens is 3. The Kier molecular flexibility index (Phi) is 5.88. The van der Waals surface area contributed by atoms with Crippen LogP contribution in [0.1, 0.15) is 35.2 Å². The molecule has 182 valence electrons. The van der Waals surface area contributed by atoms with E-state index >= 15 is 0 Å². The average molecular weight is 489 g/mol. The molecule has 1 saturated heterocycles. The molecule has 4 aromatic rings. The number of nitrogens with one attached hydrogen (secondary N) is 1. The first-order valence-corrected chi connectivity index (χ1v) is 11.5. The molecule has 0 amide bonds. The SMILES string of the molecule is C=C(Nc1cnc(C)c(-c2cc(N3CCCC3)c3nccn3c2)c1)c1ccc(C#N)c(C(F)(F)F)c1. The van der Waals surface area contributed by atoms with E-state index in [9.17, 15) is 13.2 Å². The highest BCUT2D eigenvalue weighted by atomic mass is 19.4. The standard InChI is InChI=1S/C27H23F3N6/c1-17(19-5-6-20(14-31)24(11-19)27(28,29)30)34-22-13-23(18(2)33-15-22)21-12-25(35-8-3-4-9-35)26-32-7-10-36(26)16-21/h5-7,10-13,15-16,34H,1,3-4,8-9H2,2H3. The maximum atomic E-state index is 13.4. The maximum Gasteiger partial charge on any atom is 0.417 e. The molecule has 1 aromatic carbocycles. The smallest absolute Gasteiger partial charge is 0.369 e. The number of pyridine rings is 2. The normalized spacial score (nSPS) is 13.7.